The molecule has 1 saturated heterocycles. The molecule has 1 aliphatic heterocycles. The molecule has 1 aliphatic rings. The molecule has 1 aromatic carbocycles. The van der Waals surface area contributed by atoms with Crippen molar-refractivity contribution in [3.05, 3.63) is 59.5 Å². The van der Waals surface area contributed by atoms with Crippen LogP contribution in [0.1, 0.15) is 23.4 Å². The maximum atomic E-state index is 12.6. The van der Waals surface area contributed by atoms with E-state index in [2.05, 4.69) is 28.6 Å². The number of hydrogen-bond acceptors (Lipinski definition) is 3. The minimum absolute atomic E-state index is 0.227. The van der Waals surface area contributed by atoms with Crippen LogP contribution in [0.4, 0.5) is 0 Å². The number of amides is 1. The second-order valence-corrected chi connectivity index (χ2v) is 7.30. The summed E-state index contributed by atoms with van der Waals surface area (Å²) >= 11 is 0. The van der Waals surface area contributed by atoms with Gasteiger partial charge < -0.3 is 9.47 Å². The molecule has 1 amide bonds. The smallest absolute Gasteiger partial charge is 0.226 e. The Morgan fingerprint density at radius 2 is 2.15 bits per heavy atom. The van der Waals surface area contributed by atoms with Crippen molar-refractivity contribution in [2.75, 3.05) is 13.1 Å². The van der Waals surface area contributed by atoms with Gasteiger partial charge in [0.05, 0.1) is 6.42 Å². The Hall–Kier alpha value is -2.69. The zero-order valence-electron chi connectivity index (χ0n) is 15.4. The minimum Gasteiger partial charge on any atom is -0.342 e. The summed E-state index contributed by atoms with van der Waals surface area (Å²) in [5.41, 5.74) is 4.16. The van der Waals surface area contributed by atoms with Gasteiger partial charge in [0.1, 0.15) is 11.3 Å². The van der Waals surface area contributed by atoms with Crippen molar-refractivity contribution < 1.29 is 4.79 Å². The van der Waals surface area contributed by atoms with E-state index in [0.29, 0.717) is 12.3 Å². The number of hydrogen-bond donors (Lipinski definition) is 0. The number of fused-ring (bicyclic) bond motifs is 1. The number of carbonyl (C=O) groups excluding carboxylic acids is 1. The molecule has 134 valence electrons. The van der Waals surface area contributed by atoms with Crippen LogP contribution >= 0.6 is 0 Å². The van der Waals surface area contributed by atoms with Gasteiger partial charge in [-0.3, -0.25) is 4.79 Å². The Morgan fingerprint density at radius 3 is 2.96 bits per heavy atom. The zero-order valence-corrected chi connectivity index (χ0v) is 15.4. The number of rotatable bonds is 4. The van der Waals surface area contributed by atoms with Gasteiger partial charge in [-0.25, -0.2) is 9.97 Å². The number of aromatic nitrogens is 3. The number of pyridine rings is 1. The third-order valence-corrected chi connectivity index (χ3v) is 5.27. The Morgan fingerprint density at radius 1 is 1.27 bits per heavy atom. The van der Waals surface area contributed by atoms with E-state index in [1.807, 2.05) is 36.2 Å². The first kappa shape index (κ1) is 16.8. The first-order chi connectivity index (χ1) is 12.6. The molecule has 1 atom stereocenters. The fourth-order valence-corrected chi connectivity index (χ4v) is 3.85. The SMILES string of the molecule is Cc1cccc(CC(=O)N2CCC(Cc3nc4cccnc4n3C)C2)c1. The molecule has 5 nitrogen and oxygen atoms in total. The first-order valence-electron chi connectivity index (χ1n) is 9.20. The molecule has 0 N–H and O–H groups in total. The van der Waals surface area contributed by atoms with Gasteiger partial charge in [0.25, 0.3) is 0 Å². The monoisotopic (exact) mass is 348 g/mol. The van der Waals surface area contributed by atoms with Crippen molar-refractivity contribution in [3.8, 4) is 0 Å². The Bertz CT molecular complexity index is 946. The summed E-state index contributed by atoms with van der Waals surface area (Å²) in [6.45, 7) is 3.73. The highest BCUT2D eigenvalue weighted by Gasteiger charge is 2.27. The lowest BCUT2D eigenvalue weighted by Crippen LogP contribution is -2.30. The molecule has 0 spiro atoms. The van der Waals surface area contributed by atoms with E-state index in [1.165, 1.54) is 5.56 Å². The molecular formula is C21H24N4O. The number of carbonyl (C=O) groups is 1. The normalized spacial score (nSPS) is 17.2. The van der Waals surface area contributed by atoms with Gasteiger partial charge in [-0.2, -0.15) is 0 Å². The van der Waals surface area contributed by atoms with E-state index in [9.17, 15) is 4.79 Å². The largest absolute Gasteiger partial charge is 0.342 e. The second kappa shape index (κ2) is 6.90. The third-order valence-electron chi connectivity index (χ3n) is 5.27. The summed E-state index contributed by atoms with van der Waals surface area (Å²) in [4.78, 5) is 23.8. The number of nitrogens with zero attached hydrogens (tertiary/aromatic N) is 4. The topological polar surface area (TPSA) is 51.0 Å². The highest BCUT2D eigenvalue weighted by Crippen LogP contribution is 2.23. The van der Waals surface area contributed by atoms with Gasteiger partial charge in [-0.15, -0.1) is 0 Å². The molecule has 0 aliphatic carbocycles. The maximum Gasteiger partial charge on any atom is 0.226 e. The fourth-order valence-electron chi connectivity index (χ4n) is 3.85. The predicted octanol–water partition coefficient (Wildman–Crippen LogP) is 2.91. The van der Waals surface area contributed by atoms with Gasteiger partial charge in [-0.05, 0) is 37.0 Å². The van der Waals surface area contributed by atoms with Crippen LogP contribution in [0.15, 0.2) is 42.6 Å². The van der Waals surface area contributed by atoms with E-state index < -0.39 is 0 Å². The highest BCUT2D eigenvalue weighted by atomic mass is 16.2. The van der Waals surface area contributed by atoms with Crippen LogP contribution in [0.2, 0.25) is 0 Å². The van der Waals surface area contributed by atoms with Crippen molar-refractivity contribution in [2.45, 2.75) is 26.2 Å². The van der Waals surface area contributed by atoms with Crippen molar-refractivity contribution in [1.82, 2.24) is 19.4 Å². The zero-order chi connectivity index (χ0) is 18.1. The van der Waals surface area contributed by atoms with E-state index in [-0.39, 0.29) is 5.91 Å². The first-order valence-corrected chi connectivity index (χ1v) is 9.20. The summed E-state index contributed by atoms with van der Waals surface area (Å²) in [6.07, 6.45) is 4.22. The molecule has 4 rings (SSSR count). The maximum absolute atomic E-state index is 12.6. The van der Waals surface area contributed by atoms with E-state index in [1.54, 1.807) is 6.20 Å². The van der Waals surface area contributed by atoms with Gasteiger partial charge >= 0.3 is 0 Å². The number of likely N-dealkylation sites (tertiary alicyclic amines) is 1. The van der Waals surface area contributed by atoms with Crippen LogP contribution in [-0.2, 0) is 24.7 Å². The lowest BCUT2D eigenvalue weighted by molar-refractivity contribution is -0.129. The second-order valence-electron chi connectivity index (χ2n) is 7.30. The minimum atomic E-state index is 0.227. The standard InChI is InChI=1S/C21H24N4O/c1-15-5-3-6-16(11-15)13-20(26)25-10-8-17(14-25)12-19-23-18-7-4-9-22-21(18)24(19)2/h3-7,9,11,17H,8,10,12-14H2,1-2H3. The van der Waals surface area contributed by atoms with Crippen LogP contribution < -0.4 is 0 Å². The summed E-state index contributed by atoms with van der Waals surface area (Å²) in [5.74, 6) is 1.74. The molecule has 1 unspecified atom stereocenters. The van der Waals surface area contributed by atoms with E-state index in [0.717, 1.165) is 48.5 Å². The molecule has 0 bridgehead atoms. The summed E-state index contributed by atoms with van der Waals surface area (Å²) in [5, 5.41) is 0. The average Bonchev–Trinajstić information content (AvgIpc) is 3.21. The molecule has 0 radical (unpaired) electrons. The van der Waals surface area contributed by atoms with Crippen LogP contribution in [0.3, 0.4) is 0 Å². The molecule has 26 heavy (non-hydrogen) atoms. The van der Waals surface area contributed by atoms with Crippen molar-refractivity contribution >= 4 is 17.1 Å². The Labute approximate surface area is 153 Å². The Kier molecular flexibility index (Phi) is 4.45. The van der Waals surface area contributed by atoms with Gasteiger partial charge in [-0.1, -0.05) is 29.8 Å². The number of aryl methyl sites for hydroxylation is 2. The molecule has 2 aromatic heterocycles. The molecule has 0 saturated carbocycles. The Balaban J connectivity index is 1.40. The molecular weight excluding hydrogens is 324 g/mol. The fraction of sp³-hybridized carbons (Fsp3) is 0.381. The summed E-state index contributed by atoms with van der Waals surface area (Å²) in [6, 6.07) is 12.1. The number of benzene rings is 1. The van der Waals surface area contributed by atoms with Crippen LogP contribution in [0.5, 0.6) is 0 Å². The van der Waals surface area contributed by atoms with Gasteiger partial charge in [0.2, 0.25) is 5.91 Å². The van der Waals surface area contributed by atoms with Crippen molar-refractivity contribution in [2.24, 2.45) is 13.0 Å². The average molecular weight is 348 g/mol. The van der Waals surface area contributed by atoms with Gasteiger partial charge in [0, 0.05) is 32.8 Å². The lowest BCUT2D eigenvalue weighted by atomic mass is 10.0. The van der Waals surface area contributed by atoms with Crippen molar-refractivity contribution in [3.63, 3.8) is 0 Å². The number of imidazole rings is 1. The van der Waals surface area contributed by atoms with Crippen molar-refractivity contribution in [1.29, 1.82) is 0 Å². The van der Waals surface area contributed by atoms with Gasteiger partial charge in [0.15, 0.2) is 5.65 Å². The predicted molar refractivity (Wildman–Crippen MR) is 102 cm³/mol. The van der Waals surface area contributed by atoms with Crippen LogP contribution in [0.25, 0.3) is 11.2 Å². The summed E-state index contributed by atoms with van der Waals surface area (Å²) in [7, 11) is 2.02. The quantitative estimate of drug-likeness (QED) is 0.728. The van der Waals surface area contributed by atoms with Crippen LogP contribution in [0, 0.1) is 12.8 Å². The van der Waals surface area contributed by atoms with E-state index in [4.69, 9.17) is 4.98 Å². The lowest BCUT2D eigenvalue weighted by Gasteiger charge is -2.17. The third kappa shape index (κ3) is 3.34. The van der Waals surface area contributed by atoms with E-state index >= 15 is 0 Å². The highest BCUT2D eigenvalue weighted by molar-refractivity contribution is 5.79. The molecule has 3 heterocycles. The van der Waals surface area contributed by atoms with Crippen LogP contribution in [-0.4, -0.2) is 38.4 Å². The summed E-state index contributed by atoms with van der Waals surface area (Å²) < 4.78 is 2.08. The molecule has 1 fully saturated rings. The molecule has 3 aromatic rings. The molecule has 5 heteroatoms.